The van der Waals surface area contributed by atoms with Gasteiger partial charge in [-0.1, -0.05) is 6.07 Å². The fourth-order valence-electron chi connectivity index (χ4n) is 3.08. The van der Waals surface area contributed by atoms with Crippen molar-refractivity contribution >= 4 is 11.6 Å². The lowest BCUT2D eigenvalue weighted by molar-refractivity contribution is -0.136. The van der Waals surface area contributed by atoms with Crippen LogP contribution >= 0.6 is 0 Å². The molecule has 1 amide bonds. The maximum absolute atomic E-state index is 12.4. The van der Waals surface area contributed by atoms with Gasteiger partial charge in [0.1, 0.15) is 0 Å². The highest BCUT2D eigenvalue weighted by Crippen LogP contribution is 2.23. The summed E-state index contributed by atoms with van der Waals surface area (Å²) in [7, 11) is 0. The lowest BCUT2D eigenvalue weighted by atomic mass is 9.98. The number of nitrogens with zero attached hydrogens (tertiary/aromatic N) is 1. The van der Waals surface area contributed by atoms with Crippen LogP contribution in [0.3, 0.4) is 0 Å². The highest BCUT2D eigenvalue weighted by atomic mass is 16.5. The molecule has 0 aliphatic carbocycles. The second-order valence-electron chi connectivity index (χ2n) is 5.79. The van der Waals surface area contributed by atoms with E-state index in [9.17, 15) is 4.79 Å². The first kappa shape index (κ1) is 13.4. The summed E-state index contributed by atoms with van der Waals surface area (Å²) >= 11 is 0. The zero-order chi connectivity index (χ0) is 13.9. The molecule has 2 heterocycles. The summed E-state index contributed by atoms with van der Waals surface area (Å²) in [6.45, 7) is 2.30. The van der Waals surface area contributed by atoms with Gasteiger partial charge in [0.2, 0.25) is 5.91 Å². The number of nitrogens with two attached hydrogens (primary N) is 1. The predicted molar refractivity (Wildman–Crippen MR) is 78.2 cm³/mol. The van der Waals surface area contributed by atoms with Crippen molar-refractivity contribution in [3.63, 3.8) is 0 Å². The number of fused-ring (bicyclic) bond motifs is 1. The van der Waals surface area contributed by atoms with Gasteiger partial charge in [-0.3, -0.25) is 4.79 Å². The van der Waals surface area contributed by atoms with Crippen LogP contribution in [-0.4, -0.2) is 30.1 Å². The van der Waals surface area contributed by atoms with Crippen molar-refractivity contribution in [3.05, 3.63) is 29.3 Å². The quantitative estimate of drug-likeness (QED) is 0.840. The largest absolute Gasteiger partial charge is 0.399 e. The molecule has 0 saturated carbocycles. The summed E-state index contributed by atoms with van der Waals surface area (Å²) < 4.78 is 5.66. The standard InChI is InChI=1S/C16H22N2O2/c17-14-5-4-12-6-7-18(11-13(12)9-14)16(19)10-15-3-1-2-8-20-15/h4-5,9,15H,1-3,6-8,10-11,17H2. The third kappa shape index (κ3) is 2.96. The first-order valence-electron chi connectivity index (χ1n) is 7.49. The molecule has 1 saturated heterocycles. The molecule has 2 aliphatic rings. The molecule has 0 radical (unpaired) electrons. The third-order valence-corrected chi connectivity index (χ3v) is 4.27. The third-order valence-electron chi connectivity index (χ3n) is 4.27. The van der Waals surface area contributed by atoms with E-state index in [1.54, 1.807) is 0 Å². The van der Waals surface area contributed by atoms with Gasteiger partial charge in [0.15, 0.2) is 0 Å². The van der Waals surface area contributed by atoms with Crippen LogP contribution < -0.4 is 5.73 Å². The second kappa shape index (κ2) is 5.83. The van der Waals surface area contributed by atoms with Crippen molar-refractivity contribution in [2.24, 2.45) is 0 Å². The number of rotatable bonds is 2. The number of anilines is 1. The Hall–Kier alpha value is -1.55. The maximum Gasteiger partial charge on any atom is 0.225 e. The van der Waals surface area contributed by atoms with Gasteiger partial charge < -0.3 is 15.4 Å². The van der Waals surface area contributed by atoms with Crippen LogP contribution in [0.2, 0.25) is 0 Å². The summed E-state index contributed by atoms with van der Waals surface area (Å²) in [4.78, 5) is 14.3. The highest BCUT2D eigenvalue weighted by molar-refractivity contribution is 5.77. The molecule has 108 valence electrons. The number of ether oxygens (including phenoxy) is 1. The number of nitrogen functional groups attached to an aromatic ring is 1. The highest BCUT2D eigenvalue weighted by Gasteiger charge is 2.24. The van der Waals surface area contributed by atoms with Crippen LogP contribution in [0.15, 0.2) is 18.2 Å². The van der Waals surface area contributed by atoms with E-state index < -0.39 is 0 Å². The van der Waals surface area contributed by atoms with E-state index in [1.165, 1.54) is 17.5 Å². The van der Waals surface area contributed by atoms with Crippen molar-refractivity contribution < 1.29 is 9.53 Å². The molecule has 0 spiro atoms. The van der Waals surface area contributed by atoms with Crippen molar-refractivity contribution in [1.82, 2.24) is 4.90 Å². The number of benzene rings is 1. The average molecular weight is 274 g/mol. The summed E-state index contributed by atoms with van der Waals surface area (Å²) in [5.74, 6) is 0.213. The Balaban J connectivity index is 1.62. The molecule has 1 aromatic carbocycles. The second-order valence-corrected chi connectivity index (χ2v) is 5.79. The monoisotopic (exact) mass is 274 g/mol. The van der Waals surface area contributed by atoms with Crippen molar-refractivity contribution in [2.45, 2.75) is 44.8 Å². The Morgan fingerprint density at radius 3 is 3.05 bits per heavy atom. The van der Waals surface area contributed by atoms with Gasteiger partial charge in [-0.2, -0.15) is 0 Å². The molecular formula is C16H22N2O2. The summed E-state index contributed by atoms with van der Waals surface area (Å²) in [6.07, 6.45) is 4.89. The summed E-state index contributed by atoms with van der Waals surface area (Å²) in [6, 6.07) is 6.01. The molecule has 2 aliphatic heterocycles. The Labute approximate surface area is 119 Å². The lowest BCUT2D eigenvalue weighted by Gasteiger charge is -2.31. The molecule has 4 nitrogen and oxygen atoms in total. The Morgan fingerprint density at radius 2 is 2.25 bits per heavy atom. The fraction of sp³-hybridized carbons (Fsp3) is 0.562. The summed E-state index contributed by atoms with van der Waals surface area (Å²) in [5, 5.41) is 0. The van der Waals surface area contributed by atoms with Gasteiger partial charge in [-0.15, -0.1) is 0 Å². The zero-order valence-corrected chi connectivity index (χ0v) is 11.8. The average Bonchev–Trinajstić information content (AvgIpc) is 2.47. The summed E-state index contributed by atoms with van der Waals surface area (Å²) in [5.41, 5.74) is 9.11. The van der Waals surface area contributed by atoms with Crippen molar-refractivity contribution in [1.29, 1.82) is 0 Å². The van der Waals surface area contributed by atoms with E-state index in [1.807, 2.05) is 17.0 Å². The number of carbonyl (C=O) groups is 1. The molecule has 0 aromatic heterocycles. The SMILES string of the molecule is Nc1ccc2c(c1)CN(C(=O)CC1CCCCO1)CC2. The number of amides is 1. The van der Waals surface area contributed by atoms with Gasteiger partial charge in [0.25, 0.3) is 0 Å². The fourth-order valence-corrected chi connectivity index (χ4v) is 3.08. The van der Waals surface area contributed by atoms with E-state index in [-0.39, 0.29) is 12.0 Å². The van der Waals surface area contributed by atoms with Gasteiger partial charge >= 0.3 is 0 Å². The smallest absolute Gasteiger partial charge is 0.225 e. The molecule has 1 atom stereocenters. The van der Waals surface area contributed by atoms with Crippen LogP contribution in [0.4, 0.5) is 5.69 Å². The molecular weight excluding hydrogens is 252 g/mol. The van der Waals surface area contributed by atoms with E-state index in [2.05, 4.69) is 6.07 Å². The minimum Gasteiger partial charge on any atom is -0.399 e. The van der Waals surface area contributed by atoms with Gasteiger partial charge in [-0.05, 0) is 48.9 Å². The van der Waals surface area contributed by atoms with Gasteiger partial charge in [-0.25, -0.2) is 0 Å². The minimum atomic E-state index is 0.124. The molecule has 1 aromatic rings. The molecule has 20 heavy (non-hydrogen) atoms. The van der Waals surface area contributed by atoms with Crippen molar-refractivity contribution in [2.75, 3.05) is 18.9 Å². The zero-order valence-electron chi connectivity index (χ0n) is 11.8. The first-order valence-corrected chi connectivity index (χ1v) is 7.49. The Kier molecular flexibility index (Phi) is 3.92. The normalized spacial score (nSPS) is 22.4. The number of hydrogen-bond acceptors (Lipinski definition) is 3. The van der Waals surface area contributed by atoms with E-state index in [0.717, 1.165) is 38.1 Å². The Bertz CT molecular complexity index is 495. The van der Waals surface area contributed by atoms with Crippen LogP contribution in [0.1, 0.15) is 36.8 Å². The van der Waals surface area contributed by atoms with Crippen LogP contribution in [-0.2, 0) is 22.5 Å². The van der Waals surface area contributed by atoms with Crippen LogP contribution in [0.25, 0.3) is 0 Å². The van der Waals surface area contributed by atoms with E-state index >= 15 is 0 Å². The first-order chi connectivity index (χ1) is 9.72. The van der Waals surface area contributed by atoms with Gasteiger partial charge in [0, 0.05) is 25.4 Å². The molecule has 3 rings (SSSR count). The Morgan fingerprint density at radius 1 is 1.35 bits per heavy atom. The van der Waals surface area contributed by atoms with Crippen molar-refractivity contribution in [3.8, 4) is 0 Å². The molecule has 1 unspecified atom stereocenters. The molecule has 0 bridgehead atoms. The van der Waals surface area contributed by atoms with Gasteiger partial charge in [0.05, 0.1) is 12.5 Å². The predicted octanol–water partition coefficient (Wildman–Crippen LogP) is 2.11. The molecule has 1 fully saturated rings. The maximum atomic E-state index is 12.4. The minimum absolute atomic E-state index is 0.124. The van der Waals surface area contributed by atoms with E-state index in [0.29, 0.717) is 13.0 Å². The topological polar surface area (TPSA) is 55.6 Å². The number of hydrogen-bond donors (Lipinski definition) is 1. The lowest BCUT2D eigenvalue weighted by Crippen LogP contribution is -2.38. The van der Waals surface area contributed by atoms with Crippen LogP contribution in [0.5, 0.6) is 0 Å². The van der Waals surface area contributed by atoms with Crippen LogP contribution in [0, 0.1) is 0 Å². The molecule has 4 heteroatoms. The molecule has 2 N–H and O–H groups in total. The van der Waals surface area contributed by atoms with E-state index in [4.69, 9.17) is 10.5 Å². The number of carbonyl (C=O) groups excluding carboxylic acids is 1.